The van der Waals surface area contributed by atoms with E-state index in [-0.39, 0.29) is 0 Å². The van der Waals surface area contributed by atoms with Crippen molar-refractivity contribution in [1.29, 1.82) is 0 Å². The van der Waals surface area contributed by atoms with E-state index < -0.39 is 6.10 Å². The topological polar surface area (TPSA) is 32.7 Å². The van der Waals surface area contributed by atoms with E-state index in [4.69, 9.17) is 4.74 Å². The van der Waals surface area contributed by atoms with Crippen LogP contribution >= 0.6 is 15.9 Å². The lowest BCUT2D eigenvalue weighted by molar-refractivity contribution is 0.0940. The second-order valence-corrected chi connectivity index (χ2v) is 6.90. The number of ether oxygens (including phenoxy) is 1. The van der Waals surface area contributed by atoms with E-state index in [1.807, 2.05) is 24.3 Å². The van der Waals surface area contributed by atoms with E-state index in [0.717, 1.165) is 42.8 Å². The van der Waals surface area contributed by atoms with Gasteiger partial charge in [-0.25, -0.2) is 0 Å². The Morgan fingerprint density at radius 2 is 2.00 bits per heavy atom. The van der Waals surface area contributed by atoms with Crippen molar-refractivity contribution in [1.82, 2.24) is 4.90 Å². The minimum absolute atomic E-state index is 0.397. The molecule has 20 heavy (non-hydrogen) atoms. The fraction of sp³-hybridized carbons (Fsp3) is 0.625. The van der Waals surface area contributed by atoms with Gasteiger partial charge in [0.25, 0.3) is 0 Å². The molecule has 1 aliphatic carbocycles. The lowest BCUT2D eigenvalue weighted by Gasteiger charge is -2.27. The molecule has 1 aliphatic heterocycles. The summed E-state index contributed by atoms with van der Waals surface area (Å²) in [5, 5.41) is 10.4. The zero-order valence-corrected chi connectivity index (χ0v) is 13.3. The molecular formula is C16H22BrNO2. The van der Waals surface area contributed by atoms with Gasteiger partial charge in [-0.3, -0.25) is 4.90 Å². The predicted octanol–water partition coefficient (Wildman–Crippen LogP) is 2.98. The normalized spacial score (nSPS) is 24.2. The molecule has 110 valence electrons. The first-order chi connectivity index (χ1) is 9.72. The summed E-state index contributed by atoms with van der Waals surface area (Å²) in [5.74, 6) is 0.646. The van der Waals surface area contributed by atoms with E-state index in [9.17, 15) is 5.11 Å². The average Bonchev–Trinajstić information content (AvgIpc) is 3.17. The molecule has 0 radical (unpaired) electrons. The molecule has 2 fully saturated rings. The number of benzene rings is 1. The van der Waals surface area contributed by atoms with Crippen LogP contribution in [0.15, 0.2) is 28.7 Å². The summed E-state index contributed by atoms with van der Waals surface area (Å²) in [6, 6.07) is 8.66. The second kappa shape index (κ2) is 6.56. The third kappa shape index (κ3) is 3.82. The van der Waals surface area contributed by atoms with Crippen LogP contribution in [0.1, 0.15) is 30.9 Å². The van der Waals surface area contributed by atoms with Crippen LogP contribution in [0.4, 0.5) is 0 Å². The maximum atomic E-state index is 10.4. The summed E-state index contributed by atoms with van der Waals surface area (Å²) in [6.45, 7) is 3.59. The first-order valence-corrected chi connectivity index (χ1v) is 8.27. The smallest absolute Gasteiger partial charge is 0.0917 e. The first kappa shape index (κ1) is 14.5. The van der Waals surface area contributed by atoms with Crippen LogP contribution in [0.3, 0.4) is 0 Å². The van der Waals surface area contributed by atoms with Crippen LogP contribution in [0, 0.1) is 5.92 Å². The summed E-state index contributed by atoms with van der Waals surface area (Å²) < 4.78 is 6.52. The molecule has 2 aliphatic rings. The Balaban J connectivity index is 1.59. The van der Waals surface area contributed by atoms with Crippen molar-refractivity contribution >= 4 is 15.9 Å². The van der Waals surface area contributed by atoms with Crippen LogP contribution in [-0.4, -0.2) is 42.4 Å². The summed E-state index contributed by atoms with van der Waals surface area (Å²) >= 11 is 3.43. The van der Waals surface area contributed by atoms with Gasteiger partial charge in [0.05, 0.1) is 12.7 Å². The molecule has 1 N–H and O–H groups in total. The molecule has 0 amide bonds. The fourth-order valence-electron chi connectivity index (χ4n) is 2.88. The molecule has 1 saturated carbocycles. The second-order valence-electron chi connectivity index (χ2n) is 5.98. The van der Waals surface area contributed by atoms with Crippen LogP contribution in [-0.2, 0) is 4.74 Å². The number of hydrogen-bond acceptors (Lipinski definition) is 3. The summed E-state index contributed by atoms with van der Waals surface area (Å²) in [5.41, 5.74) is 1.00. The largest absolute Gasteiger partial charge is 0.387 e. The highest BCUT2D eigenvalue weighted by atomic mass is 79.9. The third-order valence-corrected chi connectivity index (χ3v) is 4.77. The van der Waals surface area contributed by atoms with Crippen LogP contribution in [0.5, 0.6) is 0 Å². The molecule has 2 atom stereocenters. The molecule has 1 aromatic carbocycles. The number of aliphatic hydroxyl groups excluding tert-OH is 1. The molecule has 1 heterocycles. The standard InChI is InChI=1S/C16H22BrNO2/c17-14-3-1-13(2-4-14)16(19)10-18(15-5-6-15)9-12-7-8-20-11-12/h1-4,12,15-16,19H,5-11H2/t12-,16+/m1/s1. The molecule has 3 nitrogen and oxygen atoms in total. The van der Waals surface area contributed by atoms with E-state index in [1.54, 1.807) is 0 Å². The monoisotopic (exact) mass is 339 g/mol. The van der Waals surface area contributed by atoms with Crippen molar-refractivity contribution in [2.45, 2.75) is 31.4 Å². The molecule has 0 spiro atoms. The summed E-state index contributed by atoms with van der Waals surface area (Å²) in [4.78, 5) is 2.46. The minimum atomic E-state index is -0.397. The number of aliphatic hydroxyl groups is 1. The maximum Gasteiger partial charge on any atom is 0.0917 e. The Hall–Kier alpha value is -0.420. The zero-order chi connectivity index (χ0) is 13.9. The molecule has 1 saturated heterocycles. The highest BCUT2D eigenvalue weighted by Gasteiger charge is 2.32. The third-order valence-electron chi connectivity index (χ3n) is 4.24. The number of hydrogen-bond donors (Lipinski definition) is 1. The van der Waals surface area contributed by atoms with Gasteiger partial charge >= 0.3 is 0 Å². The Morgan fingerprint density at radius 3 is 2.60 bits per heavy atom. The van der Waals surface area contributed by atoms with Gasteiger partial charge in [-0.05, 0) is 42.9 Å². The van der Waals surface area contributed by atoms with Crippen LogP contribution in [0.25, 0.3) is 0 Å². The first-order valence-electron chi connectivity index (χ1n) is 7.47. The quantitative estimate of drug-likeness (QED) is 0.864. The van der Waals surface area contributed by atoms with Gasteiger partial charge in [0.1, 0.15) is 0 Å². The highest BCUT2D eigenvalue weighted by molar-refractivity contribution is 9.10. The molecule has 0 aromatic heterocycles. The van der Waals surface area contributed by atoms with E-state index in [1.165, 1.54) is 12.8 Å². The van der Waals surface area contributed by atoms with Crippen molar-refractivity contribution in [3.63, 3.8) is 0 Å². The van der Waals surface area contributed by atoms with Gasteiger partial charge in [-0.1, -0.05) is 28.1 Å². The van der Waals surface area contributed by atoms with Gasteiger partial charge < -0.3 is 9.84 Å². The molecule has 4 heteroatoms. The lowest BCUT2D eigenvalue weighted by atomic mass is 10.1. The Bertz CT molecular complexity index is 427. The number of rotatable bonds is 6. The van der Waals surface area contributed by atoms with Crippen molar-refractivity contribution in [2.24, 2.45) is 5.92 Å². The van der Waals surface area contributed by atoms with Crippen LogP contribution in [0.2, 0.25) is 0 Å². The highest BCUT2D eigenvalue weighted by Crippen LogP contribution is 2.31. The molecular weight excluding hydrogens is 318 g/mol. The maximum absolute atomic E-state index is 10.4. The Kier molecular flexibility index (Phi) is 4.76. The molecule has 0 unspecified atom stereocenters. The number of nitrogens with zero attached hydrogens (tertiary/aromatic N) is 1. The Morgan fingerprint density at radius 1 is 1.25 bits per heavy atom. The molecule has 0 bridgehead atoms. The van der Waals surface area contributed by atoms with Gasteiger partial charge in [-0.15, -0.1) is 0 Å². The Labute approximate surface area is 129 Å². The van der Waals surface area contributed by atoms with Gasteiger partial charge in [0.2, 0.25) is 0 Å². The van der Waals surface area contributed by atoms with Crippen LogP contribution < -0.4 is 0 Å². The van der Waals surface area contributed by atoms with E-state index >= 15 is 0 Å². The van der Waals surface area contributed by atoms with E-state index in [2.05, 4.69) is 20.8 Å². The van der Waals surface area contributed by atoms with Crippen molar-refractivity contribution in [3.05, 3.63) is 34.3 Å². The molecule has 3 rings (SSSR count). The lowest BCUT2D eigenvalue weighted by Crippen LogP contribution is -2.35. The zero-order valence-electron chi connectivity index (χ0n) is 11.7. The van der Waals surface area contributed by atoms with Crippen molar-refractivity contribution in [2.75, 3.05) is 26.3 Å². The van der Waals surface area contributed by atoms with Crippen molar-refractivity contribution < 1.29 is 9.84 Å². The minimum Gasteiger partial charge on any atom is -0.387 e. The van der Waals surface area contributed by atoms with E-state index in [0.29, 0.717) is 12.0 Å². The summed E-state index contributed by atoms with van der Waals surface area (Å²) in [6.07, 6.45) is 3.32. The fourth-order valence-corrected chi connectivity index (χ4v) is 3.15. The van der Waals surface area contributed by atoms with Crippen molar-refractivity contribution in [3.8, 4) is 0 Å². The predicted molar refractivity (Wildman–Crippen MR) is 82.6 cm³/mol. The average molecular weight is 340 g/mol. The molecule has 1 aromatic rings. The SMILES string of the molecule is O[C@@H](CN(C[C@H]1CCOC1)C1CC1)c1ccc(Br)cc1. The van der Waals surface area contributed by atoms with Gasteiger partial charge in [0.15, 0.2) is 0 Å². The van der Waals surface area contributed by atoms with Gasteiger partial charge in [0, 0.05) is 30.2 Å². The summed E-state index contributed by atoms with van der Waals surface area (Å²) in [7, 11) is 0. The number of halogens is 1. The van der Waals surface area contributed by atoms with Gasteiger partial charge in [-0.2, -0.15) is 0 Å².